The fourth-order valence-electron chi connectivity index (χ4n) is 1.66. The minimum absolute atomic E-state index is 0.212. The van der Waals surface area contributed by atoms with Crippen molar-refractivity contribution >= 4 is 5.95 Å². The summed E-state index contributed by atoms with van der Waals surface area (Å²) in [4.78, 5) is 4.09. The highest BCUT2D eigenvalue weighted by atomic mass is 15.4. The molecule has 0 fully saturated rings. The third-order valence-corrected chi connectivity index (χ3v) is 2.45. The SMILES string of the molecule is CC1=C(CN)C(C)n2ncnc2N1. The first-order valence-corrected chi connectivity index (χ1v) is 4.30. The van der Waals surface area contributed by atoms with Crippen LogP contribution in [0, 0.1) is 0 Å². The van der Waals surface area contributed by atoms with Crippen molar-refractivity contribution in [1.82, 2.24) is 14.8 Å². The van der Waals surface area contributed by atoms with Crippen molar-refractivity contribution in [1.29, 1.82) is 0 Å². The molecule has 1 aromatic rings. The maximum absolute atomic E-state index is 5.65. The van der Waals surface area contributed by atoms with Crippen LogP contribution in [-0.2, 0) is 0 Å². The van der Waals surface area contributed by atoms with Gasteiger partial charge in [0.25, 0.3) is 0 Å². The van der Waals surface area contributed by atoms with E-state index < -0.39 is 0 Å². The smallest absolute Gasteiger partial charge is 0.225 e. The van der Waals surface area contributed by atoms with Gasteiger partial charge in [0.15, 0.2) is 0 Å². The highest BCUT2D eigenvalue weighted by molar-refractivity contribution is 5.42. The fraction of sp³-hybridized carbons (Fsp3) is 0.500. The van der Waals surface area contributed by atoms with Gasteiger partial charge in [0.2, 0.25) is 5.95 Å². The molecule has 0 aliphatic carbocycles. The molecule has 0 radical (unpaired) electrons. The van der Waals surface area contributed by atoms with Gasteiger partial charge in [0, 0.05) is 12.2 Å². The van der Waals surface area contributed by atoms with Crippen molar-refractivity contribution in [2.24, 2.45) is 5.73 Å². The highest BCUT2D eigenvalue weighted by Gasteiger charge is 2.22. The van der Waals surface area contributed by atoms with E-state index in [0.29, 0.717) is 6.54 Å². The van der Waals surface area contributed by atoms with Gasteiger partial charge in [-0.25, -0.2) is 4.68 Å². The zero-order valence-electron chi connectivity index (χ0n) is 7.78. The van der Waals surface area contributed by atoms with Crippen LogP contribution in [0.25, 0.3) is 0 Å². The van der Waals surface area contributed by atoms with Crippen LogP contribution < -0.4 is 11.1 Å². The lowest BCUT2D eigenvalue weighted by atomic mass is 10.1. The predicted octanol–water partition coefficient (Wildman–Crippen LogP) is 0.497. The monoisotopic (exact) mass is 179 g/mol. The Labute approximate surface area is 76.6 Å². The van der Waals surface area contributed by atoms with E-state index in [1.807, 2.05) is 11.6 Å². The summed E-state index contributed by atoms with van der Waals surface area (Å²) < 4.78 is 1.84. The van der Waals surface area contributed by atoms with Crippen molar-refractivity contribution < 1.29 is 0 Å². The summed E-state index contributed by atoms with van der Waals surface area (Å²) in [5.74, 6) is 0.794. The predicted molar refractivity (Wildman–Crippen MR) is 50.1 cm³/mol. The van der Waals surface area contributed by atoms with Crippen LogP contribution in [0.4, 0.5) is 5.95 Å². The molecule has 0 spiro atoms. The van der Waals surface area contributed by atoms with E-state index in [4.69, 9.17) is 5.73 Å². The van der Waals surface area contributed by atoms with Crippen LogP contribution in [0.5, 0.6) is 0 Å². The normalized spacial score (nSPS) is 21.3. The zero-order chi connectivity index (χ0) is 9.42. The van der Waals surface area contributed by atoms with E-state index in [9.17, 15) is 0 Å². The third-order valence-electron chi connectivity index (χ3n) is 2.45. The number of nitrogens with zero attached hydrogens (tertiary/aromatic N) is 3. The first-order chi connectivity index (χ1) is 6.24. The van der Waals surface area contributed by atoms with Crippen molar-refractivity contribution in [2.75, 3.05) is 11.9 Å². The van der Waals surface area contributed by atoms with Gasteiger partial charge in [-0.1, -0.05) is 0 Å². The molecular weight excluding hydrogens is 166 g/mol. The summed E-state index contributed by atoms with van der Waals surface area (Å²) in [6.45, 7) is 4.64. The van der Waals surface area contributed by atoms with Crippen LogP contribution in [0.1, 0.15) is 19.9 Å². The molecule has 5 heteroatoms. The molecule has 0 amide bonds. The van der Waals surface area contributed by atoms with E-state index in [1.54, 1.807) is 6.33 Å². The number of nitrogens with one attached hydrogen (secondary N) is 1. The molecule has 2 heterocycles. The van der Waals surface area contributed by atoms with Crippen LogP contribution in [0.3, 0.4) is 0 Å². The lowest BCUT2D eigenvalue weighted by Gasteiger charge is -2.25. The van der Waals surface area contributed by atoms with Crippen molar-refractivity contribution in [2.45, 2.75) is 19.9 Å². The van der Waals surface area contributed by atoms with Gasteiger partial charge in [-0.15, -0.1) is 0 Å². The molecule has 13 heavy (non-hydrogen) atoms. The molecule has 1 aliphatic rings. The van der Waals surface area contributed by atoms with E-state index in [0.717, 1.165) is 11.6 Å². The Balaban J connectivity index is 2.44. The molecule has 3 N–H and O–H groups in total. The molecular formula is C8H13N5. The molecule has 0 saturated heterocycles. The summed E-state index contributed by atoms with van der Waals surface area (Å²) in [5, 5.41) is 7.28. The minimum Gasteiger partial charge on any atom is -0.328 e. The Bertz CT molecular complexity index is 351. The minimum atomic E-state index is 0.212. The maximum atomic E-state index is 5.65. The summed E-state index contributed by atoms with van der Waals surface area (Å²) in [6, 6.07) is 0.212. The second-order valence-electron chi connectivity index (χ2n) is 3.18. The van der Waals surface area contributed by atoms with Crippen molar-refractivity contribution in [3.63, 3.8) is 0 Å². The summed E-state index contributed by atoms with van der Waals surface area (Å²) in [7, 11) is 0. The number of anilines is 1. The van der Waals surface area contributed by atoms with Crippen molar-refractivity contribution in [3.05, 3.63) is 17.6 Å². The van der Waals surface area contributed by atoms with E-state index >= 15 is 0 Å². The van der Waals surface area contributed by atoms with E-state index in [1.165, 1.54) is 5.57 Å². The second-order valence-corrected chi connectivity index (χ2v) is 3.18. The number of hydrogen-bond acceptors (Lipinski definition) is 4. The average molecular weight is 179 g/mol. The number of fused-ring (bicyclic) bond motifs is 1. The molecule has 2 rings (SSSR count). The summed E-state index contributed by atoms with van der Waals surface area (Å²) in [5.41, 5.74) is 7.92. The Hall–Kier alpha value is -1.36. The largest absolute Gasteiger partial charge is 0.328 e. The molecule has 70 valence electrons. The number of allylic oxidation sites excluding steroid dienone is 1. The molecule has 0 bridgehead atoms. The Morgan fingerprint density at radius 1 is 1.69 bits per heavy atom. The van der Waals surface area contributed by atoms with Crippen molar-refractivity contribution in [3.8, 4) is 0 Å². The molecule has 5 nitrogen and oxygen atoms in total. The van der Waals surface area contributed by atoms with Crippen LogP contribution in [0.2, 0.25) is 0 Å². The molecule has 1 aromatic heterocycles. The summed E-state index contributed by atoms with van der Waals surface area (Å²) in [6.07, 6.45) is 1.55. The van der Waals surface area contributed by atoms with Crippen LogP contribution in [0.15, 0.2) is 17.6 Å². The fourth-order valence-corrected chi connectivity index (χ4v) is 1.66. The Kier molecular flexibility index (Phi) is 1.81. The number of aromatic nitrogens is 3. The highest BCUT2D eigenvalue weighted by Crippen LogP contribution is 2.27. The number of nitrogens with two attached hydrogens (primary N) is 1. The first-order valence-electron chi connectivity index (χ1n) is 4.30. The van der Waals surface area contributed by atoms with Gasteiger partial charge in [-0.3, -0.25) is 0 Å². The first kappa shape index (κ1) is 8.25. The van der Waals surface area contributed by atoms with E-state index in [2.05, 4.69) is 22.3 Å². The molecule has 1 atom stereocenters. The number of rotatable bonds is 1. The topological polar surface area (TPSA) is 68.8 Å². The average Bonchev–Trinajstić information content (AvgIpc) is 2.53. The van der Waals surface area contributed by atoms with Gasteiger partial charge in [0.05, 0.1) is 6.04 Å². The standard InChI is InChI=1S/C8H13N5/c1-5-7(3-9)6(2)13-8(12-5)10-4-11-13/h4,6H,3,9H2,1-2H3,(H,10,11,12). The van der Waals surface area contributed by atoms with Gasteiger partial charge in [-0.05, 0) is 19.4 Å². The maximum Gasteiger partial charge on any atom is 0.225 e. The van der Waals surface area contributed by atoms with Gasteiger partial charge < -0.3 is 11.1 Å². The summed E-state index contributed by atoms with van der Waals surface area (Å²) >= 11 is 0. The molecule has 0 aromatic carbocycles. The quantitative estimate of drug-likeness (QED) is 0.658. The lowest BCUT2D eigenvalue weighted by molar-refractivity contribution is 0.537. The Morgan fingerprint density at radius 2 is 2.46 bits per heavy atom. The molecule has 1 unspecified atom stereocenters. The second kappa shape index (κ2) is 2.85. The third kappa shape index (κ3) is 1.12. The van der Waals surface area contributed by atoms with E-state index in [-0.39, 0.29) is 6.04 Å². The Morgan fingerprint density at radius 3 is 3.15 bits per heavy atom. The van der Waals surface area contributed by atoms with Gasteiger partial charge in [0.1, 0.15) is 6.33 Å². The van der Waals surface area contributed by atoms with Crippen LogP contribution in [-0.4, -0.2) is 21.3 Å². The molecule has 0 saturated carbocycles. The van der Waals surface area contributed by atoms with Crippen LogP contribution >= 0.6 is 0 Å². The van der Waals surface area contributed by atoms with Gasteiger partial charge >= 0.3 is 0 Å². The van der Waals surface area contributed by atoms with Gasteiger partial charge in [-0.2, -0.15) is 10.1 Å². The zero-order valence-corrected chi connectivity index (χ0v) is 7.78. The molecule has 1 aliphatic heterocycles. The number of hydrogen-bond donors (Lipinski definition) is 2. The lowest BCUT2D eigenvalue weighted by Crippen LogP contribution is -2.25.